The summed E-state index contributed by atoms with van der Waals surface area (Å²) in [7, 11) is 1.79. The molecular formula is C18H23N3O3. The van der Waals surface area contributed by atoms with Gasteiger partial charge in [-0.1, -0.05) is 17.3 Å². The van der Waals surface area contributed by atoms with Crippen LogP contribution in [0.1, 0.15) is 28.7 Å². The van der Waals surface area contributed by atoms with E-state index in [1.807, 2.05) is 18.2 Å². The number of likely N-dealkylation sites (N-methyl/N-ethyl adjacent to an activating group) is 2. The molecule has 6 nitrogen and oxygen atoms in total. The Labute approximate surface area is 142 Å². The highest BCUT2D eigenvalue weighted by atomic mass is 16.5. The van der Waals surface area contributed by atoms with E-state index in [1.54, 1.807) is 25.8 Å². The molecule has 128 valence electrons. The Bertz CT molecular complexity index is 721. The molecule has 1 amide bonds. The maximum atomic E-state index is 12.7. The summed E-state index contributed by atoms with van der Waals surface area (Å²) in [5.41, 5.74) is 2.27. The predicted molar refractivity (Wildman–Crippen MR) is 91.7 cm³/mol. The second kappa shape index (κ2) is 6.55. The molecule has 0 N–H and O–H groups in total. The van der Waals surface area contributed by atoms with Crippen LogP contribution in [0.25, 0.3) is 0 Å². The van der Waals surface area contributed by atoms with Crippen molar-refractivity contribution < 1.29 is 14.1 Å². The first-order chi connectivity index (χ1) is 11.5. The van der Waals surface area contributed by atoms with Gasteiger partial charge in [0.05, 0.1) is 24.5 Å². The zero-order valence-corrected chi connectivity index (χ0v) is 14.6. The Morgan fingerprint density at radius 3 is 2.79 bits per heavy atom. The fourth-order valence-corrected chi connectivity index (χ4v) is 3.14. The lowest BCUT2D eigenvalue weighted by Gasteiger charge is -2.37. The number of hydrogen-bond acceptors (Lipinski definition) is 5. The number of carbonyl (C=O) groups is 1. The van der Waals surface area contributed by atoms with Crippen molar-refractivity contribution in [3.8, 4) is 5.75 Å². The molecule has 6 heteroatoms. The number of ether oxygens (including phenoxy) is 1. The van der Waals surface area contributed by atoms with Gasteiger partial charge in [-0.2, -0.15) is 0 Å². The van der Waals surface area contributed by atoms with Gasteiger partial charge in [0, 0.05) is 13.6 Å². The first kappa shape index (κ1) is 16.4. The van der Waals surface area contributed by atoms with E-state index < -0.39 is 0 Å². The number of fused-ring (bicyclic) bond motifs is 1. The number of rotatable bonds is 4. The van der Waals surface area contributed by atoms with E-state index in [1.165, 1.54) is 0 Å². The zero-order chi connectivity index (χ0) is 17.3. The van der Waals surface area contributed by atoms with Gasteiger partial charge in [-0.25, -0.2) is 0 Å². The van der Waals surface area contributed by atoms with Gasteiger partial charge in [-0.3, -0.25) is 4.79 Å². The lowest BCUT2D eigenvalue weighted by Crippen LogP contribution is -2.47. The topological polar surface area (TPSA) is 58.8 Å². The second-order valence-corrected chi connectivity index (χ2v) is 6.13. The molecule has 1 aliphatic rings. The number of para-hydroxylation sites is 2. The smallest absolute Gasteiger partial charge is 0.259 e. The van der Waals surface area contributed by atoms with Gasteiger partial charge < -0.3 is 19.1 Å². The Morgan fingerprint density at radius 1 is 1.38 bits per heavy atom. The minimum Gasteiger partial charge on any atom is -0.485 e. The third kappa shape index (κ3) is 2.96. The fourth-order valence-electron chi connectivity index (χ4n) is 3.14. The normalized spacial score (nSPS) is 16.5. The predicted octanol–water partition coefficient (Wildman–Crippen LogP) is 2.65. The average molecular weight is 329 g/mol. The molecular weight excluding hydrogens is 306 g/mol. The lowest BCUT2D eigenvalue weighted by molar-refractivity contribution is 0.0707. The van der Waals surface area contributed by atoms with Crippen molar-refractivity contribution in [2.45, 2.75) is 26.9 Å². The third-order valence-electron chi connectivity index (χ3n) is 4.38. The van der Waals surface area contributed by atoms with E-state index in [4.69, 9.17) is 9.26 Å². The Morgan fingerprint density at radius 2 is 2.12 bits per heavy atom. The highest BCUT2D eigenvalue weighted by Gasteiger charge is 2.28. The van der Waals surface area contributed by atoms with Gasteiger partial charge in [-0.05, 0) is 32.9 Å². The quantitative estimate of drug-likeness (QED) is 0.863. The number of amides is 1. The molecule has 24 heavy (non-hydrogen) atoms. The summed E-state index contributed by atoms with van der Waals surface area (Å²) in [5, 5.41) is 3.86. The van der Waals surface area contributed by atoms with Crippen LogP contribution in [0, 0.1) is 13.8 Å². The SMILES string of the molecule is CCN1C[C@@H](CN(C)C(=O)c2c(C)noc2C)Oc2ccccc21. The number of hydrogen-bond donors (Lipinski definition) is 0. The van der Waals surface area contributed by atoms with E-state index in [-0.39, 0.29) is 12.0 Å². The number of nitrogens with zero attached hydrogens (tertiary/aromatic N) is 3. The van der Waals surface area contributed by atoms with Crippen molar-refractivity contribution in [3.05, 3.63) is 41.3 Å². The molecule has 2 heterocycles. The molecule has 0 unspecified atom stereocenters. The average Bonchev–Trinajstić information content (AvgIpc) is 2.92. The van der Waals surface area contributed by atoms with Gasteiger partial charge in [0.1, 0.15) is 23.2 Å². The van der Waals surface area contributed by atoms with E-state index in [2.05, 4.69) is 23.0 Å². The Balaban J connectivity index is 1.74. The van der Waals surface area contributed by atoms with Crippen LogP contribution in [0.4, 0.5) is 5.69 Å². The summed E-state index contributed by atoms with van der Waals surface area (Å²) in [4.78, 5) is 16.6. The molecule has 2 aromatic rings. The van der Waals surface area contributed by atoms with Crippen LogP contribution in [0.15, 0.2) is 28.8 Å². The van der Waals surface area contributed by atoms with Crippen molar-refractivity contribution in [2.75, 3.05) is 31.6 Å². The second-order valence-electron chi connectivity index (χ2n) is 6.13. The molecule has 3 rings (SSSR count). The summed E-state index contributed by atoms with van der Waals surface area (Å²) >= 11 is 0. The molecule has 0 aliphatic carbocycles. The minimum absolute atomic E-state index is 0.0747. The number of carbonyl (C=O) groups excluding carboxylic acids is 1. The van der Waals surface area contributed by atoms with E-state index >= 15 is 0 Å². The van der Waals surface area contributed by atoms with E-state index in [0.717, 1.165) is 24.5 Å². The number of anilines is 1. The van der Waals surface area contributed by atoms with Gasteiger partial charge in [0.2, 0.25) is 0 Å². The molecule has 0 bridgehead atoms. The van der Waals surface area contributed by atoms with Gasteiger partial charge in [-0.15, -0.1) is 0 Å². The monoisotopic (exact) mass is 329 g/mol. The fraction of sp³-hybridized carbons (Fsp3) is 0.444. The van der Waals surface area contributed by atoms with Crippen LogP contribution in [0.2, 0.25) is 0 Å². The first-order valence-electron chi connectivity index (χ1n) is 8.20. The third-order valence-corrected chi connectivity index (χ3v) is 4.38. The molecule has 1 atom stereocenters. The van der Waals surface area contributed by atoms with Crippen molar-refractivity contribution >= 4 is 11.6 Å². The maximum Gasteiger partial charge on any atom is 0.259 e. The molecule has 1 aromatic heterocycles. The molecule has 1 aromatic carbocycles. The Kier molecular flexibility index (Phi) is 4.46. The van der Waals surface area contributed by atoms with Gasteiger partial charge in [0.25, 0.3) is 5.91 Å². The van der Waals surface area contributed by atoms with Crippen molar-refractivity contribution in [1.82, 2.24) is 10.1 Å². The minimum atomic E-state index is -0.0863. The number of benzene rings is 1. The molecule has 0 saturated carbocycles. The van der Waals surface area contributed by atoms with Crippen LogP contribution in [0.3, 0.4) is 0 Å². The van der Waals surface area contributed by atoms with Crippen LogP contribution in [0.5, 0.6) is 5.75 Å². The van der Waals surface area contributed by atoms with Crippen molar-refractivity contribution in [3.63, 3.8) is 0 Å². The maximum absolute atomic E-state index is 12.7. The number of aromatic nitrogens is 1. The highest BCUT2D eigenvalue weighted by Crippen LogP contribution is 2.33. The lowest BCUT2D eigenvalue weighted by atomic mass is 10.1. The van der Waals surface area contributed by atoms with Gasteiger partial charge in [0.15, 0.2) is 0 Å². The van der Waals surface area contributed by atoms with Crippen LogP contribution >= 0.6 is 0 Å². The summed E-state index contributed by atoms with van der Waals surface area (Å²) < 4.78 is 11.2. The van der Waals surface area contributed by atoms with Crippen molar-refractivity contribution in [1.29, 1.82) is 0 Å². The highest BCUT2D eigenvalue weighted by molar-refractivity contribution is 5.95. The summed E-state index contributed by atoms with van der Waals surface area (Å²) in [5.74, 6) is 1.33. The van der Waals surface area contributed by atoms with Crippen molar-refractivity contribution in [2.24, 2.45) is 0 Å². The largest absolute Gasteiger partial charge is 0.485 e. The molecule has 0 saturated heterocycles. The molecule has 0 fully saturated rings. The zero-order valence-electron chi connectivity index (χ0n) is 14.6. The first-order valence-corrected chi connectivity index (χ1v) is 8.20. The Hall–Kier alpha value is -2.50. The van der Waals surface area contributed by atoms with Gasteiger partial charge >= 0.3 is 0 Å². The van der Waals surface area contributed by atoms with E-state index in [0.29, 0.717) is 23.6 Å². The molecule has 0 radical (unpaired) electrons. The van der Waals surface area contributed by atoms with Crippen LogP contribution < -0.4 is 9.64 Å². The molecule has 0 spiro atoms. The summed E-state index contributed by atoms with van der Waals surface area (Å²) in [6.45, 7) is 7.83. The van der Waals surface area contributed by atoms with Crippen LogP contribution in [-0.4, -0.2) is 48.7 Å². The summed E-state index contributed by atoms with van der Waals surface area (Å²) in [6, 6.07) is 8.01. The number of aryl methyl sites for hydroxylation is 2. The molecule has 1 aliphatic heterocycles. The van der Waals surface area contributed by atoms with E-state index in [9.17, 15) is 4.79 Å². The van der Waals surface area contributed by atoms with Crippen LogP contribution in [-0.2, 0) is 0 Å². The standard InChI is InChI=1S/C18H23N3O3/c1-5-21-11-14(23-16-9-7-6-8-15(16)21)10-20(4)18(22)17-12(2)19-24-13(17)3/h6-9,14H,5,10-11H2,1-4H3/t14-/m1/s1. The summed E-state index contributed by atoms with van der Waals surface area (Å²) in [6.07, 6.45) is -0.0747.